The van der Waals surface area contributed by atoms with Gasteiger partial charge in [0.25, 0.3) is 5.91 Å². The monoisotopic (exact) mass is 383 g/mol. The highest BCUT2D eigenvalue weighted by Crippen LogP contribution is 2.19. The fraction of sp³-hybridized carbons (Fsp3) is 0.417. The van der Waals surface area contributed by atoms with Gasteiger partial charge in [-0.2, -0.15) is 0 Å². The first-order valence-corrected chi connectivity index (χ1v) is 7.23. The van der Waals surface area contributed by atoms with E-state index in [1.54, 1.807) is 0 Å². The van der Waals surface area contributed by atoms with Crippen LogP contribution in [0.1, 0.15) is 30.1 Å². The molecular formula is C12H13Br2F2NO. The van der Waals surface area contributed by atoms with Crippen LogP contribution in [0.2, 0.25) is 0 Å². The largest absolute Gasteiger partial charge is 0.351 e. The SMILES string of the molecule is CCCC(Br)CNC(=O)c1c(F)cc(Br)cc1F. The molecule has 1 N–H and O–H groups in total. The molecule has 1 aromatic carbocycles. The number of carbonyl (C=O) groups is 1. The molecule has 1 atom stereocenters. The fourth-order valence-corrected chi connectivity index (χ4v) is 2.49. The Morgan fingerprint density at radius 1 is 1.39 bits per heavy atom. The number of alkyl halides is 1. The van der Waals surface area contributed by atoms with E-state index < -0.39 is 23.1 Å². The minimum Gasteiger partial charge on any atom is -0.351 e. The van der Waals surface area contributed by atoms with Gasteiger partial charge in [0, 0.05) is 15.8 Å². The van der Waals surface area contributed by atoms with Crippen molar-refractivity contribution in [3.8, 4) is 0 Å². The zero-order valence-corrected chi connectivity index (χ0v) is 12.9. The van der Waals surface area contributed by atoms with Crippen molar-refractivity contribution in [2.75, 3.05) is 6.54 Å². The molecule has 1 unspecified atom stereocenters. The lowest BCUT2D eigenvalue weighted by molar-refractivity contribution is 0.0945. The molecule has 0 spiro atoms. The minimum absolute atomic E-state index is 0.105. The van der Waals surface area contributed by atoms with Crippen molar-refractivity contribution in [3.05, 3.63) is 33.8 Å². The first kappa shape index (κ1) is 15.6. The lowest BCUT2D eigenvalue weighted by atomic mass is 10.2. The van der Waals surface area contributed by atoms with E-state index in [-0.39, 0.29) is 9.30 Å². The van der Waals surface area contributed by atoms with Crippen molar-refractivity contribution < 1.29 is 13.6 Å². The Labute approximate surface area is 121 Å². The molecular weight excluding hydrogens is 372 g/mol. The number of rotatable bonds is 5. The Morgan fingerprint density at radius 3 is 2.44 bits per heavy atom. The second-order valence-electron chi connectivity index (χ2n) is 3.84. The van der Waals surface area contributed by atoms with Gasteiger partial charge in [0.2, 0.25) is 0 Å². The molecule has 0 saturated carbocycles. The van der Waals surface area contributed by atoms with Crippen LogP contribution in [0, 0.1) is 11.6 Å². The highest BCUT2D eigenvalue weighted by Gasteiger charge is 2.18. The van der Waals surface area contributed by atoms with E-state index in [4.69, 9.17) is 0 Å². The standard InChI is InChI=1S/C12H13Br2F2NO/c1-2-3-7(13)6-17-12(18)11-9(15)4-8(14)5-10(11)16/h4-5,7H,2-3,6H2,1H3,(H,17,18). The number of amides is 1. The molecule has 6 heteroatoms. The van der Waals surface area contributed by atoms with Gasteiger partial charge in [-0.25, -0.2) is 8.78 Å². The van der Waals surface area contributed by atoms with Gasteiger partial charge in [0.1, 0.15) is 17.2 Å². The van der Waals surface area contributed by atoms with E-state index in [2.05, 4.69) is 37.2 Å². The van der Waals surface area contributed by atoms with Gasteiger partial charge in [-0.1, -0.05) is 45.2 Å². The molecule has 0 radical (unpaired) electrons. The number of carbonyl (C=O) groups excluding carboxylic acids is 1. The number of halogens is 4. The first-order chi connectivity index (χ1) is 8.45. The van der Waals surface area contributed by atoms with Crippen LogP contribution in [-0.4, -0.2) is 17.3 Å². The van der Waals surface area contributed by atoms with E-state index in [1.807, 2.05) is 6.92 Å². The van der Waals surface area contributed by atoms with Gasteiger partial charge >= 0.3 is 0 Å². The van der Waals surface area contributed by atoms with Gasteiger partial charge in [0.15, 0.2) is 0 Å². The second-order valence-corrected chi connectivity index (χ2v) is 6.05. The smallest absolute Gasteiger partial charge is 0.257 e. The molecule has 1 rings (SSSR count). The summed E-state index contributed by atoms with van der Waals surface area (Å²) in [5.74, 6) is -2.49. The summed E-state index contributed by atoms with van der Waals surface area (Å²) >= 11 is 6.34. The van der Waals surface area contributed by atoms with Crippen molar-refractivity contribution in [2.24, 2.45) is 0 Å². The third-order valence-electron chi connectivity index (χ3n) is 2.32. The summed E-state index contributed by atoms with van der Waals surface area (Å²) in [5.41, 5.74) is -0.547. The highest BCUT2D eigenvalue weighted by molar-refractivity contribution is 9.10. The number of hydrogen-bond donors (Lipinski definition) is 1. The topological polar surface area (TPSA) is 29.1 Å². The molecule has 1 aromatic rings. The van der Waals surface area contributed by atoms with Crippen LogP contribution in [0.15, 0.2) is 16.6 Å². The molecule has 0 aliphatic heterocycles. The number of benzene rings is 1. The predicted octanol–water partition coefficient (Wildman–Crippen LogP) is 4.02. The van der Waals surface area contributed by atoms with Gasteiger partial charge < -0.3 is 5.32 Å². The Kier molecular flexibility index (Phi) is 6.21. The van der Waals surface area contributed by atoms with E-state index in [9.17, 15) is 13.6 Å². The molecule has 0 bridgehead atoms. The Hall–Kier alpha value is -0.490. The molecule has 0 saturated heterocycles. The number of hydrogen-bond acceptors (Lipinski definition) is 1. The Bertz CT molecular complexity index is 417. The normalized spacial score (nSPS) is 12.3. The minimum atomic E-state index is -0.874. The molecule has 0 aliphatic carbocycles. The average Bonchev–Trinajstić information content (AvgIpc) is 2.25. The van der Waals surface area contributed by atoms with Crippen molar-refractivity contribution in [2.45, 2.75) is 24.6 Å². The highest BCUT2D eigenvalue weighted by atomic mass is 79.9. The van der Waals surface area contributed by atoms with Crippen LogP contribution in [0.3, 0.4) is 0 Å². The zero-order chi connectivity index (χ0) is 13.7. The molecule has 2 nitrogen and oxygen atoms in total. The summed E-state index contributed by atoms with van der Waals surface area (Å²) in [6.45, 7) is 2.35. The fourth-order valence-electron chi connectivity index (χ4n) is 1.47. The van der Waals surface area contributed by atoms with Gasteiger partial charge in [-0.05, 0) is 18.6 Å². The van der Waals surface area contributed by atoms with Crippen LogP contribution in [-0.2, 0) is 0 Å². The maximum Gasteiger partial charge on any atom is 0.257 e. The van der Waals surface area contributed by atoms with Crippen LogP contribution in [0.25, 0.3) is 0 Å². The number of nitrogens with one attached hydrogen (secondary N) is 1. The lowest BCUT2D eigenvalue weighted by Gasteiger charge is -2.11. The van der Waals surface area contributed by atoms with Gasteiger partial charge in [-0.3, -0.25) is 4.79 Å². The van der Waals surface area contributed by atoms with Crippen molar-refractivity contribution in [1.82, 2.24) is 5.32 Å². The zero-order valence-electron chi connectivity index (χ0n) is 9.77. The summed E-state index contributed by atoms with van der Waals surface area (Å²) in [5, 5.41) is 2.50. The van der Waals surface area contributed by atoms with Crippen LogP contribution in [0.4, 0.5) is 8.78 Å². The van der Waals surface area contributed by atoms with Crippen LogP contribution < -0.4 is 5.32 Å². The van der Waals surface area contributed by atoms with E-state index >= 15 is 0 Å². The second kappa shape index (κ2) is 7.19. The molecule has 18 heavy (non-hydrogen) atoms. The van der Waals surface area contributed by atoms with Gasteiger partial charge in [0.05, 0.1) is 0 Å². The maximum absolute atomic E-state index is 13.5. The summed E-state index contributed by atoms with van der Waals surface area (Å²) in [7, 11) is 0. The van der Waals surface area contributed by atoms with Crippen molar-refractivity contribution in [3.63, 3.8) is 0 Å². The lowest BCUT2D eigenvalue weighted by Crippen LogP contribution is -2.30. The molecule has 0 aliphatic rings. The van der Waals surface area contributed by atoms with Crippen LogP contribution >= 0.6 is 31.9 Å². The molecule has 1 amide bonds. The van der Waals surface area contributed by atoms with Gasteiger partial charge in [-0.15, -0.1) is 0 Å². The van der Waals surface area contributed by atoms with Crippen molar-refractivity contribution >= 4 is 37.8 Å². The summed E-state index contributed by atoms with van der Waals surface area (Å²) in [4.78, 5) is 11.8. The molecule has 0 heterocycles. The predicted molar refractivity (Wildman–Crippen MR) is 74.0 cm³/mol. The van der Waals surface area contributed by atoms with Crippen LogP contribution in [0.5, 0.6) is 0 Å². The maximum atomic E-state index is 13.5. The Balaban J connectivity index is 2.73. The summed E-state index contributed by atoms with van der Waals surface area (Å²) in [6.07, 6.45) is 1.85. The molecule has 0 aromatic heterocycles. The summed E-state index contributed by atoms with van der Waals surface area (Å²) in [6, 6.07) is 2.13. The van der Waals surface area contributed by atoms with E-state index in [0.717, 1.165) is 25.0 Å². The molecule has 0 fully saturated rings. The first-order valence-electron chi connectivity index (χ1n) is 5.52. The molecule has 100 valence electrons. The van der Waals surface area contributed by atoms with E-state index in [0.29, 0.717) is 6.54 Å². The third-order valence-corrected chi connectivity index (χ3v) is 3.56. The van der Waals surface area contributed by atoms with Crippen molar-refractivity contribution in [1.29, 1.82) is 0 Å². The summed E-state index contributed by atoms with van der Waals surface area (Å²) < 4.78 is 27.2. The van der Waals surface area contributed by atoms with E-state index in [1.165, 1.54) is 0 Å². The third kappa shape index (κ3) is 4.31. The Morgan fingerprint density at radius 2 is 1.94 bits per heavy atom. The quantitative estimate of drug-likeness (QED) is 0.763. The average molecular weight is 385 g/mol.